The van der Waals surface area contributed by atoms with Crippen LogP contribution in [0.5, 0.6) is 0 Å². The number of aryl methyl sites for hydroxylation is 4. The smallest absolute Gasteiger partial charge is 0.239 e. The molecule has 8 aromatic rings. The topological polar surface area (TPSA) is 33.5 Å². The molecule has 4 nitrogen and oxygen atoms in total. The minimum Gasteiger partial charge on any atom is -0.239 e. The van der Waals surface area contributed by atoms with Crippen molar-refractivity contribution in [3.8, 4) is 0 Å². The van der Waals surface area contributed by atoms with Crippen molar-refractivity contribution in [2.45, 2.75) is 93.9 Å². The Bertz CT molecular complexity index is 2780. The van der Waals surface area contributed by atoms with E-state index in [-0.39, 0.29) is 0 Å². The molecule has 0 amide bonds. The molecule has 2 aliphatic rings. The van der Waals surface area contributed by atoms with Gasteiger partial charge >= 0.3 is 0 Å². The van der Waals surface area contributed by atoms with Crippen molar-refractivity contribution in [2.24, 2.45) is 11.8 Å². The van der Waals surface area contributed by atoms with Gasteiger partial charge in [0.1, 0.15) is 22.4 Å². The second kappa shape index (κ2) is 12.1. The predicted octanol–water partition coefficient (Wildman–Crippen LogP) is 11.2. The van der Waals surface area contributed by atoms with Crippen molar-refractivity contribution in [3.05, 3.63) is 118 Å². The molecule has 0 radical (unpaired) electrons. The van der Waals surface area contributed by atoms with Crippen LogP contribution in [0, 0.1) is 11.8 Å². The maximum Gasteiger partial charge on any atom is 0.292 e. The molecule has 0 N–H and O–H groups in total. The molecule has 10 rings (SSSR count). The van der Waals surface area contributed by atoms with Gasteiger partial charge in [0.2, 0.25) is 11.0 Å². The highest BCUT2D eigenvalue weighted by atomic mass is 15.1. The van der Waals surface area contributed by atoms with E-state index in [0.717, 1.165) is 60.9 Å². The summed E-state index contributed by atoms with van der Waals surface area (Å²) < 4.78 is 5.18. The summed E-state index contributed by atoms with van der Waals surface area (Å²) in [5.74, 6) is 0.971. The minimum atomic E-state index is 0.486. The molecular weight excluding hydrogens is 657 g/mol. The summed E-state index contributed by atoms with van der Waals surface area (Å²) in [6, 6.07) is 23.8. The van der Waals surface area contributed by atoms with Crippen molar-refractivity contribution in [1.82, 2.24) is 9.97 Å². The van der Waals surface area contributed by atoms with Crippen molar-refractivity contribution in [1.29, 1.82) is 0 Å². The van der Waals surface area contributed by atoms with E-state index in [4.69, 9.17) is 9.97 Å². The van der Waals surface area contributed by atoms with E-state index in [1.165, 1.54) is 98.9 Å². The number of aromatic nitrogens is 4. The maximum absolute atomic E-state index is 5.57. The summed E-state index contributed by atoms with van der Waals surface area (Å²) >= 11 is 0. The number of hydrogen-bond donors (Lipinski definition) is 0. The summed E-state index contributed by atoms with van der Waals surface area (Å²) in [5, 5.41) is 10.5. The fraction of sp³-hybridized carbons (Fsp3) is 0.320. The zero-order valence-corrected chi connectivity index (χ0v) is 33.1. The summed E-state index contributed by atoms with van der Waals surface area (Å²) in [6.45, 7) is 18.4. The van der Waals surface area contributed by atoms with Gasteiger partial charge in [-0.15, -0.1) is 9.13 Å². The summed E-state index contributed by atoms with van der Waals surface area (Å²) in [4.78, 5) is 11.1. The Labute approximate surface area is 318 Å². The van der Waals surface area contributed by atoms with Crippen LogP contribution in [-0.2, 0) is 38.5 Å². The van der Waals surface area contributed by atoms with Gasteiger partial charge in [0.05, 0.1) is 21.9 Å². The van der Waals surface area contributed by atoms with Crippen LogP contribution in [0.2, 0.25) is 0 Å². The van der Waals surface area contributed by atoms with Gasteiger partial charge < -0.3 is 0 Å². The molecule has 0 saturated heterocycles. The van der Waals surface area contributed by atoms with Gasteiger partial charge in [-0.05, 0) is 106 Å². The Kier molecular flexibility index (Phi) is 7.50. The number of hydrogen-bond acceptors (Lipinski definition) is 2. The lowest BCUT2D eigenvalue weighted by Gasteiger charge is -2.09. The fourth-order valence-corrected chi connectivity index (χ4v) is 9.90. The van der Waals surface area contributed by atoms with Gasteiger partial charge in [-0.25, -0.2) is 9.97 Å². The summed E-state index contributed by atoms with van der Waals surface area (Å²) in [7, 11) is 0. The highest BCUT2D eigenvalue weighted by molar-refractivity contribution is 6.29. The largest absolute Gasteiger partial charge is 0.292 e. The van der Waals surface area contributed by atoms with Gasteiger partial charge in [-0.3, -0.25) is 0 Å². The third kappa shape index (κ3) is 4.55. The Morgan fingerprint density at radius 2 is 0.889 bits per heavy atom. The van der Waals surface area contributed by atoms with Crippen LogP contribution >= 0.6 is 0 Å². The Balaban J connectivity index is 1.47. The van der Waals surface area contributed by atoms with Gasteiger partial charge in [0.25, 0.3) is 11.4 Å². The van der Waals surface area contributed by atoms with E-state index >= 15 is 0 Å². The molecule has 0 fully saturated rings. The molecule has 0 aliphatic carbocycles. The molecule has 268 valence electrons. The number of fused-ring (bicyclic) bond motifs is 6. The van der Waals surface area contributed by atoms with Crippen molar-refractivity contribution in [2.75, 3.05) is 0 Å². The monoisotopic (exact) mass is 706 g/mol. The fourth-order valence-electron chi connectivity index (χ4n) is 9.90. The van der Waals surface area contributed by atoms with Crippen LogP contribution in [0.25, 0.3) is 76.6 Å². The Morgan fingerprint density at radius 3 is 1.26 bits per heavy atom. The lowest BCUT2D eigenvalue weighted by molar-refractivity contribution is -0.576. The van der Waals surface area contributed by atoms with Crippen LogP contribution in [0.4, 0.5) is 0 Å². The van der Waals surface area contributed by atoms with E-state index in [0.29, 0.717) is 11.8 Å². The highest BCUT2D eigenvalue weighted by Gasteiger charge is 2.46. The van der Waals surface area contributed by atoms with Crippen molar-refractivity contribution < 1.29 is 9.13 Å². The molecule has 0 spiro atoms. The standard InChI is InChI=1S/C50H50N4/c1-9-29-13-17-35-37-19-15-31(11-3)41-43(37)47-45(39(35)23-29)51-33(21-27(5)6)25-53(47)49(41)50-42-32(12-4)16-20-38-36-18-14-30(10-2)24-40(36)46-48(44(38)42)54(50)26-34(52-46)22-28(7)8/h13-20,23-28H,9-12,21-22H2,1-8H3/q+2. The lowest BCUT2D eigenvalue weighted by Crippen LogP contribution is -2.40. The van der Waals surface area contributed by atoms with Gasteiger partial charge in [-0.2, -0.15) is 0 Å². The molecular formula is C50H50N4+2. The average molecular weight is 707 g/mol. The molecule has 6 aromatic carbocycles. The van der Waals surface area contributed by atoms with E-state index in [1.807, 2.05) is 0 Å². The molecule has 54 heavy (non-hydrogen) atoms. The third-order valence-corrected chi connectivity index (χ3v) is 12.3. The Morgan fingerprint density at radius 1 is 0.481 bits per heavy atom. The van der Waals surface area contributed by atoms with Crippen LogP contribution in [-0.4, -0.2) is 9.97 Å². The second-order valence-electron chi connectivity index (χ2n) is 16.7. The first kappa shape index (κ1) is 33.4. The zero-order valence-electron chi connectivity index (χ0n) is 33.1. The molecule has 0 bridgehead atoms. The zero-order chi connectivity index (χ0) is 37.2. The quantitative estimate of drug-likeness (QED) is 0.116. The van der Waals surface area contributed by atoms with Crippen LogP contribution in [0.3, 0.4) is 0 Å². The maximum atomic E-state index is 5.57. The molecule has 0 unspecified atom stereocenters. The lowest BCUT2D eigenvalue weighted by atomic mass is 9.89. The van der Waals surface area contributed by atoms with E-state index in [1.54, 1.807) is 0 Å². The number of benzene rings is 6. The molecule has 4 heteroatoms. The molecule has 0 atom stereocenters. The van der Waals surface area contributed by atoms with Gasteiger partial charge in [0, 0.05) is 10.8 Å². The highest BCUT2D eigenvalue weighted by Crippen LogP contribution is 2.48. The Hall–Kier alpha value is -5.22. The number of nitrogens with zero attached hydrogens (tertiary/aromatic N) is 4. The first-order valence-corrected chi connectivity index (χ1v) is 20.5. The SMILES string of the molecule is CCc1ccc2c(c1)c1nc(CC(C)C)c[n+]3c1c1c(c(CC)ccc21)C3=C1c2c(CC)ccc3c4ccc(CC)cc4c4nc(CC(C)C)c[n+]1c4c23. The van der Waals surface area contributed by atoms with Gasteiger partial charge in [-0.1, -0.05) is 104 Å². The van der Waals surface area contributed by atoms with Crippen LogP contribution < -0.4 is 9.13 Å². The second-order valence-corrected chi connectivity index (χ2v) is 16.7. The molecule has 0 saturated carbocycles. The van der Waals surface area contributed by atoms with Crippen LogP contribution in [0.15, 0.2) is 73.1 Å². The van der Waals surface area contributed by atoms with E-state index in [9.17, 15) is 0 Å². The summed E-state index contributed by atoms with van der Waals surface area (Å²) in [6.07, 6.45) is 10.5. The first-order chi connectivity index (χ1) is 26.2. The first-order valence-electron chi connectivity index (χ1n) is 20.5. The third-order valence-electron chi connectivity index (χ3n) is 12.3. The van der Waals surface area contributed by atoms with Crippen molar-refractivity contribution >= 4 is 76.6 Å². The summed E-state index contributed by atoms with van der Waals surface area (Å²) in [5.41, 5.74) is 17.9. The van der Waals surface area contributed by atoms with Crippen molar-refractivity contribution in [3.63, 3.8) is 0 Å². The van der Waals surface area contributed by atoms with E-state index < -0.39 is 0 Å². The molecule has 4 heterocycles. The molecule has 2 aliphatic heterocycles. The molecule has 2 aromatic heterocycles. The normalized spacial score (nSPS) is 14.9. The average Bonchev–Trinajstić information content (AvgIpc) is 3.69. The van der Waals surface area contributed by atoms with Gasteiger partial charge in [0.15, 0.2) is 12.4 Å². The minimum absolute atomic E-state index is 0.486. The number of rotatable bonds is 8. The predicted molar refractivity (Wildman–Crippen MR) is 226 cm³/mol. The van der Waals surface area contributed by atoms with E-state index in [2.05, 4.69) is 138 Å². The van der Waals surface area contributed by atoms with Crippen LogP contribution in [0.1, 0.15) is 100 Å².